The number of methoxy groups -OCH3 is 1. The number of hydrogen-bond donors (Lipinski definition) is 0. The van der Waals surface area contributed by atoms with E-state index >= 15 is 0 Å². The lowest BCUT2D eigenvalue weighted by atomic mass is 10.2. The van der Waals surface area contributed by atoms with Gasteiger partial charge >= 0.3 is 0 Å². The minimum absolute atomic E-state index is 0.192. The molecule has 0 bridgehead atoms. The van der Waals surface area contributed by atoms with E-state index in [1.165, 1.54) is 5.69 Å². The summed E-state index contributed by atoms with van der Waals surface area (Å²) in [5.41, 5.74) is 2.22. The quantitative estimate of drug-likeness (QED) is 0.632. The topological polar surface area (TPSA) is 45.9 Å². The Labute approximate surface area is 171 Å². The number of aryl methyl sites for hydroxylation is 1. The van der Waals surface area contributed by atoms with Gasteiger partial charge in [0, 0.05) is 50.3 Å². The highest BCUT2D eigenvalue weighted by molar-refractivity contribution is 5.76. The second-order valence-corrected chi connectivity index (χ2v) is 7.20. The molecule has 150 valence electrons. The molecule has 1 aliphatic rings. The Kier molecular flexibility index (Phi) is 5.84. The van der Waals surface area contributed by atoms with Gasteiger partial charge in [0.1, 0.15) is 17.3 Å². The standard InChI is InChI=1S/C24H26N2O3/c1-28-21-9-7-20(8-10-21)25-15-17-26(18-16-25)24(27)14-12-22-11-13-23(29-22)19-5-3-2-4-6-19/h2-11,13H,12,14-18H2,1H3. The summed E-state index contributed by atoms with van der Waals surface area (Å²) in [5.74, 6) is 2.75. The third-order valence-electron chi connectivity index (χ3n) is 5.38. The summed E-state index contributed by atoms with van der Waals surface area (Å²) < 4.78 is 11.1. The van der Waals surface area contributed by atoms with E-state index in [0.29, 0.717) is 12.8 Å². The summed E-state index contributed by atoms with van der Waals surface area (Å²) in [4.78, 5) is 16.9. The first kappa shape index (κ1) is 19.1. The van der Waals surface area contributed by atoms with Crippen molar-refractivity contribution in [3.63, 3.8) is 0 Å². The van der Waals surface area contributed by atoms with Gasteiger partial charge in [0.05, 0.1) is 7.11 Å². The summed E-state index contributed by atoms with van der Waals surface area (Å²) in [7, 11) is 1.67. The van der Waals surface area contributed by atoms with Crippen molar-refractivity contribution >= 4 is 11.6 Å². The predicted molar refractivity (Wildman–Crippen MR) is 114 cm³/mol. The lowest BCUT2D eigenvalue weighted by molar-refractivity contribution is -0.131. The molecule has 2 aromatic carbocycles. The van der Waals surface area contributed by atoms with Gasteiger partial charge in [0.15, 0.2) is 0 Å². The van der Waals surface area contributed by atoms with Crippen LogP contribution in [0, 0.1) is 0 Å². The van der Waals surface area contributed by atoms with Gasteiger partial charge < -0.3 is 19.0 Å². The maximum Gasteiger partial charge on any atom is 0.223 e. The van der Waals surface area contributed by atoms with Gasteiger partial charge in [-0.05, 0) is 36.4 Å². The van der Waals surface area contributed by atoms with E-state index in [4.69, 9.17) is 9.15 Å². The SMILES string of the molecule is COc1ccc(N2CCN(C(=O)CCc3ccc(-c4ccccc4)o3)CC2)cc1. The monoisotopic (exact) mass is 390 g/mol. The number of piperazine rings is 1. The minimum Gasteiger partial charge on any atom is -0.497 e. The Hall–Kier alpha value is -3.21. The molecule has 2 heterocycles. The molecule has 4 rings (SSSR count). The Balaban J connectivity index is 1.26. The number of benzene rings is 2. The molecule has 1 amide bonds. The third kappa shape index (κ3) is 4.62. The van der Waals surface area contributed by atoms with Gasteiger partial charge in [-0.15, -0.1) is 0 Å². The number of carbonyl (C=O) groups is 1. The molecule has 29 heavy (non-hydrogen) atoms. The van der Waals surface area contributed by atoms with Crippen LogP contribution in [0.4, 0.5) is 5.69 Å². The van der Waals surface area contributed by atoms with Crippen LogP contribution in [0.1, 0.15) is 12.2 Å². The van der Waals surface area contributed by atoms with Crippen molar-refractivity contribution in [2.24, 2.45) is 0 Å². The summed E-state index contributed by atoms with van der Waals surface area (Å²) in [6, 6.07) is 22.0. The molecule has 5 nitrogen and oxygen atoms in total. The highest BCUT2D eigenvalue weighted by Crippen LogP contribution is 2.23. The average Bonchev–Trinajstić information content (AvgIpc) is 3.27. The third-order valence-corrected chi connectivity index (χ3v) is 5.38. The fraction of sp³-hybridized carbons (Fsp3) is 0.292. The highest BCUT2D eigenvalue weighted by Gasteiger charge is 2.21. The van der Waals surface area contributed by atoms with Gasteiger partial charge in [0.25, 0.3) is 0 Å². The van der Waals surface area contributed by atoms with Crippen molar-refractivity contribution in [1.82, 2.24) is 4.90 Å². The average molecular weight is 390 g/mol. The van der Waals surface area contributed by atoms with Crippen LogP contribution in [0.3, 0.4) is 0 Å². The van der Waals surface area contributed by atoms with Crippen molar-refractivity contribution in [1.29, 1.82) is 0 Å². The van der Waals surface area contributed by atoms with Crippen LogP contribution < -0.4 is 9.64 Å². The van der Waals surface area contributed by atoms with E-state index in [1.807, 2.05) is 59.5 Å². The van der Waals surface area contributed by atoms with Crippen LogP contribution in [-0.2, 0) is 11.2 Å². The van der Waals surface area contributed by atoms with Gasteiger partial charge in [-0.25, -0.2) is 0 Å². The highest BCUT2D eigenvalue weighted by atomic mass is 16.5. The summed E-state index contributed by atoms with van der Waals surface area (Å²) in [6.07, 6.45) is 1.11. The van der Waals surface area contributed by atoms with Crippen LogP contribution >= 0.6 is 0 Å². The second kappa shape index (κ2) is 8.86. The largest absolute Gasteiger partial charge is 0.497 e. The molecule has 1 fully saturated rings. The first-order valence-corrected chi connectivity index (χ1v) is 10.0. The molecule has 5 heteroatoms. The summed E-state index contributed by atoms with van der Waals surface area (Å²) >= 11 is 0. The molecular formula is C24H26N2O3. The van der Waals surface area contributed by atoms with Gasteiger partial charge in [0.2, 0.25) is 5.91 Å². The first-order valence-electron chi connectivity index (χ1n) is 10.0. The predicted octanol–water partition coefficient (Wildman–Crippen LogP) is 4.24. The van der Waals surface area contributed by atoms with Crippen molar-refractivity contribution in [2.75, 3.05) is 38.2 Å². The van der Waals surface area contributed by atoms with Crippen molar-refractivity contribution in [3.8, 4) is 17.1 Å². The van der Waals surface area contributed by atoms with Crippen LogP contribution in [0.25, 0.3) is 11.3 Å². The second-order valence-electron chi connectivity index (χ2n) is 7.20. The molecule has 0 unspecified atom stereocenters. The van der Waals surface area contributed by atoms with Crippen molar-refractivity contribution < 1.29 is 13.9 Å². The number of furan rings is 1. The van der Waals surface area contributed by atoms with E-state index in [0.717, 1.165) is 49.0 Å². The van der Waals surface area contributed by atoms with Crippen molar-refractivity contribution in [2.45, 2.75) is 12.8 Å². The molecule has 3 aromatic rings. The molecule has 0 spiro atoms. The fourth-order valence-corrected chi connectivity index (χ4v) is 3.67. The van der Waals surface area contributed by atoms with Gasteiger partial charge in [-0.1, -0.05) is 30.3 Å². The Morgan fingerprint density at radius 2 is 1.66 bits per heavy atom. The smallest absolute Gasteiger partial charge is 0.223 e. The summed E-state index contributed by atoms with van der Waals surface area (Å²) in [6.45, 7) is 3.19. The maximum absolute atomic E-state index is 12.6. The fourth-order valence-electron chi connectivity index (χ4n) is 3.67. The minimum atomic E-state index is 0.192. The van der Waals surface area contributed by atoms with Gasteiger partial charge in [-0.2, -0.15) is 0 Å². The first-order chi connectivity index (χ1) is 14.2. The van der Waals surface area contributed by atoms with E-state index in [-0.39, 0.29) is 5.91 Å². The van der Waals surface area contributed by atoms with E-state index in [9.17, 15) is 4.79 Å². The molecular weight excluding hydrogens is 364 g/mol. The van der Waals surface area contributed by atoms with Crippen molar-refractivity contribution in [3.05, 3.63) is 72.5 Å². The van der Waals surface area contributed by atoms with Gasteiger partial charge in [-0.3, -0.25) is 4.79 Å². The zero-order valence-electron chi connectivity index (χ0n) is 16.7. The number of carbonyl (C=O) groups excluding carboxylic acids is 1. The lowest BCUT2D eigenvalue weighted by Gasteiger charge is -2.36. The summed E-state index contributed by atoms with van der Waals surface area (Å²) in [5, 5.41) is 0. The lowest BCUT2D eigenvalue weighted by Crippen LogP contribution is -2.48. The molecule has 1 aromatic heterocycles. The number of anilines is 1. The molecule has 0 saturated carbocycles. The number of nitrogens with zero attached hydrogens (tertiary/aromatic N) is 2. The number of amides is 1. The van der Waals surface area contributed by atoms with Crippen LogP contribution in [0.5, 0.6) is 5.75 Å². The molecule has 0 aliphatic carbocycles. The number of rotatable bonds is 6. The number of hydrogen-bond acceptors (Lipinski definition) is 4. The zero-order chi connectivity index (χ0) is 20.1. The molecule has 1 aliphatic heterocycles. The van der Waals surface area contributed by atoms with E-state index < -0.39 is 0 Å². The van der Waals surface area contributed by atoms with E-state index in [2.05, 4.69) is 17.0 Å². The molecule has 1 saturated heterocycles. The van der Waals surface area contributed by atoms with Crippen LogP contribution in [0.15, 0.2) is 71.1 Å². The van der Waals surface area contributed by atoms with E-state index in [1.54, 1.807) is 7.11 Å². The Bertz CT molecular complexity index is 926. The van der Waals surface area contributed by atoms with Crippen LogP contribution in [0.2, 0.25) is 0 Å². The Morgan fingerprint density at radius 3 is 2.34 bits per heavy atom. The molecule has 0 N–H and O–H groups in total. The normalized spacial score (nSPS) is 14.1. The number of ether oxygens (including phenoxy) is 1. The maximum atomic E-state index is 12.6. The molecule has 0 atom stereocenters. The van der Waals surface area contributed by atoms with Crippen LogP contribution in [-0.4, -0.2) is 44.1 Å². The molecule has 0 radical (unpaired) electrons. The zero-order valence-corrected chi connectivity index (χ0v) is 16.7. The Morgan fingerprint density at radius 1 is 0.931 bits per heavy atom.